The lowest BCUT2D eigenvalue weighted by Gasteiger charge is -2.11. The number of imidazole rings is 1. The lowest BCUT2D eigenvalue weighted by Crippen LogP contribution is -2.17. The van der Waals surface area contributed by atoms with Gasteiger partial charge in [0.2, 0.25) is 0 Å². The van der Waals surface area contributed by atoms with E-state index < -0.39 is 12.6 Å². The molecule has 0 unspecified atom stereocenters. The van der Waals surface area contributed by atoms with E-state index in [9.17, 15) is 9.59 Å². The second-order valence-corrected chi connectivity index (χ2v) is 5.83. The van der Waals surface area contributed by atoms with Crippen LogP contribution in [0.1, 0.15) is 50.8 Å². The zero-order chi connectivity index (χ0) is 16.4. The van der Waals surface area contributed by atoms with Gasteiger partial charge in [0.25, 0.3) is 11.6 Å². The maximum Gasteiger partial charge on any atom is 0.341 e. The number of aromatic amines is 1. The van der Waals surface area contributed by atoms with Gasteiger partial charge in [-0.25, -0.2) is 9.78 Å². The van der Waals surface area contributed by atoms with E-state index in [4.69, 9.17) is 9.84 Å². The maximum atomic E-state index is 12.4. The SMILES string of the molecule is CCCn1c(C2CCCC2)nc2nc(OCC(=O)O)[nH]c(=O)c21. The molecule has 1 saturated carbocycles. The fourth-order valence-electron chi connectivity index (χ4n) is 3.18. The van der Waals surface area contributed by atoms with E-state index in [2.05, 4.69) is 21.9 Å². The van der Waals surface area contributed by atoms with Crippen molar-refractivity contribution in [2.45, 2.75) is 51.5 Å². The average Bonchev–Trinajstić information content (AvgIpc) is 3.13. The van der Waals surface area contributed by atoms with Gasteiger partial charge in [0, 0.05) is 12.5 Å². The number of rotatable bonds is 6. The molecule has 0 atom stereocenters. The predicted molar refractivity (Wildman–Crippen MR) is 82.8 cm³/mol. The Hall–Kier alpha value is -2.38. The summed E-state index contributed by atoms with van der Waals surface area (Å²) in [5.41, 5.74) is 0.418. The van der Waals surface area contributed by atoms with Crippen molar-refractivity contribution in [3.63, 3.8) is 0 Å². The molecule has 0 aliphatic heterocycles. The molecule has 2 aromatic rings. The van der Waals surface area contributed by atoms with Gasteiger partial charge in [0.05, 0.1) is 0 Å². The van der Waals surface area contributed by atoms with Gasteiger partial charge in [-0.2, -0.15) is 4.98 Å². The molecular formula is C15H20N4O4. The standard InChI is InChI=1S/C15H20N4O4/c1-2-7-19-11-12(16-13(19)9-5-3-4-6-9)17-15(18-14(11)22)23-8-10(20)21/h9H,2-8H2,1H3,(H,20,21)(H,17,18,22). The minimum atomic E-state index is -1.13. The highest BCUT2D eigenvalue weighted by Crippen LogP contribution is 2.34. The largest absolute Gasteiger partial charge is 0.479 e. The van der Waals surface area contributed by atoms with E-state index in [1.54, 1.807) is 0 Å². The average molecular weight is 320 g/mol. The second-order valence-electron chi connectivity index (χ2n) is 5.83. The van der Waals surface area contributed by atoms with Crippen LogP contribution in [-0.2, 0) is 11.3 Å². The Bertz CT molecular complexity index is 774. The number of aliphatic carboxylic acids is 1. The van der Waals surface area contributed by atoms with E-state index in [0.29, 0.717) is 23.6 Å². The smallest absolute Gasteiger partial charge is 0.341 e. The van der Waals surface area contributed by atoms with Crippen molar-refractivity contribution in [1.82, 2.24) is 19.5 Å². The summed E-state index contributed by atoms with van der Waals surface area (Å²) in [7, 11) is 0. The number of ether oxygens (including phenoxy) is 1. The van der Waals surface area contributed by atoms with E-state index >= 15 is 0 Å². The molecule has 1 aliphatic carbocycles. The highest BCUT2D eigenvalue weighted by atomic mass is 16.5. The van der Waals surface area contributed by atoms with E-state index in [1.165, 1.54) is 12.8 Å². The molecule has 23 heavy (non-hydrogen) atoms. The zero-order valence-electron chi connectivity index (χ0n) is 13.0. The molecule has 1 aliphatic rings. The number of aromatic nitrogens is 4. The van der Waals surface area contributed by atoms with Gasteiger partial charge >= 0.3 is 5.97 Å². The van der Waals surface area contributed by atoms with Gasteiger partial charge in [-0.1, -0.05) is 19.8 Å². The van der Waals surface area contributed by atoms with E-state index in [0.717, 1.165) is 25.1 Å². The van der Waals surface area contributed by atoms with Gasteiger partial charge in [0.15, 0.2) is 17.8 Å². The van der Waals surface area contributed by atoms with Crippen molar-refractivity contribution < 1.29 is 14.6 Å². The summed E-state index contributed by atoms with van der Waals surface area (Å²) in [5, 5.41) is 8.65. The van der Waals surface area contributed by atoms with Crippen LogP contribution in [0, 0.1) is 0 Å². The van der Waals surface area contributed by atoms with Crippen molar-refractivity contribution in [2.75, 3.05) is 6.61 Å². The number of hydrogen-bond acceptors (Lipinski definition) is 5. The first kappa shape index (κ1) is 15.5. The predicted octanol–water partition coefficient (Wildman–Crippen LogP) is 1.65. The second kappa shape index (κ2) is 6.39. The topological polar surface area (TPSA) is 110 Å². The fourth-order valence-corrected chi connectivity index (χ4v) is 3.18. The van der Waals surface area contributed by atoms with Crippen molar-refractivity contribution in [3.8, 4) is 6.01 Å². The van der Waals surface area contributed by atoms with Crippen molar-refractivity contribution in [1.29, 1.82) is 0 Å². The van der Waals surface area contributed by atoms with Gasteiger partial charge in [0.1, 0.15) is 5.82 Å². The number of hydrogen-bond donors (Lipinski definition) is 2. The quantitative estimate of drug-likeness (QED) is 0.837. The van der Waals surface area contributed by atoms with Crippen LogP contribution in [0.2, 0.25) is 0 Å². The third-order valence-corrected chi connectivity index (χ3v) is 4.12. The van der Waals surface area contributed by atoms with Gasteiger partial charge in [-0.3, -0.25) is 9.78 Å². The van der Waals surface area contributed by atoms with Gasteiger partial charge in [-0.05, 0) is 19.3 Å². The number of fused-ring (bicyclic) bond motifs is 1. The van der Waals surface area contributed by atoms with Crippen LogP contribution in [-0.4, -0.2) is 37.2 Å². The fraction of sp³-hybridized carbons (Fsp3) is 0.600. The summed E-state index contributed by atoms with van der Waals surface area (Å²) in [4.78, 5) is 34.2. The molecule has 124 valence electrons. The molecule has 2 N–H and O–H groups in total. The number of carboxylic acids is 1. The van der Waals surface area contributed by atoms with E-state index in [-0.39, 0.29) is 11.6 Å². The highest BCUT2D eigenvalue weighted by molar-refractivity contribution is 5.71. The minimum Gasteiger partial charge on any atom is -0.479 e. The summed E-state index contributed by atoms with van der Waals surface area (Å²) >= 11 is 0. The monoisotopic (exact) mass is 320 g/mol. The lowest BCUT2D eigenvalue weighted by atomic mass is 10.1. The third kappa shape index (κ3) is 3.06. The number of nitrogens with one attached hydrogen (secondary N) is 1. The molecule has 0 radical (unpaired) electrons. The number of carbonyl (C=O) groups is 1. The molecule has 0 spiro atoms. The molecule has 1 fully saturated rings. The molecule has 2 heterocycles. The van der Waals surface area contributed by atoms with Crippen LogP contribution < -0.4 is 10.3 Å². The Kier molecular flexibility index (Phi) is 4.31. The first-order valence-corrected chi connectivity index (χ1v) is 7.95. The summed E-state index contributed by atoms with van der Waals surface area (Å²) in [6, 6.07) is -0.107. The Morgan fingerprint density at radius 3 is 2.78 bits per heavy atom. The molecule has 0 aromatic carbocycles. The molecule has 2 aromatic heterocycles. The van der Waals surface area contributed by atoms with Crippen molar-refractivity contribution >= 4 is 17.1 Å². The molecule has 3 rings (SSSR count). The van der Waals surface area contributed by atoms with Gasteiger partial charge < -0.3 is 14.4 Å². The van der Waals surface area contributed by atoms with Crippen LogP contribution >= 0.6 is 0 Å². The Labute approximate surface area is 132 Å². The third-order valence-electron chi connectivity index (χ3n) is 4.12. The summed E-state index contributed by atoms with van der Waals surface area (Å²) in [6.45, 7) is 2.21. The number of nitrogens with zero attached hydrogens (tertiary/aromatic N) is 3. The van der Waals surface area contributed by atoms with Crippen LogP contribution in [0.3, 0.4) is 0 Å². The van der Waals surface area contributed by atoms with E-state index in [1.807, 2.05) is 4.57 Å². The molecule has 8 nitrogen and oxygen atoms in total. The summed E-state index contributed by atoms with van der Waals surface area (Å²) in [6.07, 6.45) is 5.40. The van der Waals surface area contributed by atoms with Crippen LogP contribution in [0.4, 0.5) is 0 Å². The molecule has 0 saturated heterocycles. The molecule has 8 heteroatoms. The number of H-pyrrole nitrogens is 1. The normalized spacial score (nSPS) is 15.3. The Morgan fingerprint density at radius 1 is 1.39 bits per heavy atom. The molecule has 0 amide bonds. The number of aryl methyl sites for hydroxylation is 1. The first-order chi connectivity index (χ1) is 11.1. The van der Waals surface area contributed by atoms with Crippen molar-refractivity contribution in [2.24, 2.45) is 0 Å². The first-order valence-electron chi connectivity index (χ1n) is 7.95. The zero-order valence-corrected chi connectivity index (χ0v) is 13.0. The van der Waals surface area contributed by atoms with Crippen LogP contribution in [0.15, 0.2) is 4.79 Å². The minimum absolute atomic E-state index is 0.107. The number of carboxylic acid groups (broad SMARTS) is 1. The maximum absolute atomic E-state index is 12.4. The molecule has 0 bridgehead atoms. The Balaban J connectivity index is 2.06. The summed E-state index contributed by atoms with van der Waals surface area (Å²) in [5.74, 6) is 0.141. The Morgan fingerprint density at radius 2 is 2.13 bits per heavy atom. The van der Waals surface area contributed by atoms with Gasteiger partial charge in [-0.15, -0.1) is 0 Å². The van der Waals surface area contributed by atoms with Crippen LogP contribution in [0.25, 0.3) is 11.2 Å². The van der Waals surface area contributed by atoms with Crippen LogP contribution in [0.5, 0.6) is 6.01 Å². The summed E-state index contributed by atoms with van der Waals surface area (Å²) < 4.78 is 6.93. The van der Waals surface area contributed by atoms with Crippen molar-refractivity contribution in [3.05, 3.63) is 16.2 Å². The highest BCUT2D eigenvalue weighted by Gasteiger charge is 2.25. The lowest BCUT2D eigenvalue weighted by molar-refractivity contribution is -0.139. The molecular weight excluding hydrogens is 300 g/mol.